The van der Waals surface area contributed by atoms with Crippen LogP contribution < -0.4 is 19.1 Å². The van der Waals surface area contributed by atoms with E-state index in [0.29, 0.717) is 30.2 Å². The minimum Gasteiger partial charge on any atom is -0.497 e. The van der Waals surface area contributed by atoms with Gasteiger partial charge in [0.15, 0.2) is 0 Å². The fraction of sp³-hybridized carbons (Fsp3) is 0.278. The van der Waals surface area contributed by atoms with Crippen LogP contribution in [0.4, 0.5) is 5.69 Å². The van der Waals surface area contributed by atoms with E-state index in [4.69, 9.17) is 9.47 Å². The Morgan fingerprint density at radius 3 is 2.04 bits per heavy atom. The average molecular weight is 376 g/mol. The van der Waals surface area contributed by atoms with E-state index >= 15 is 0 Å². The number of rotatable bonds is 6. The van der Waals surface area contributed by atoms with Crippen molar-refractivity contribution < 1.29 is 22.7 Å². The predicted octanol–water partition coefficient (Wildman–Crippen LogP) is 1.79. The molecule has 1 heterocycles. The number of ether oxygens (including phenoxy) is 2. The topological polar surface area (TPSA) is 84.9 Å². The molecular formula is C18H20N2O5S. The van der Waals surface area contributed by atoms with Crippen molar-refractivity contribution in [3.63, 3.8) is 0 Å². The normalized spacial score (nSPS) is 17.4. The Labute approximate surface area is 152 Å². The number of anilines is 1. The molecule has 7 nitrogen and oxygen atoms in total. The molecule has 2 aromatic carbocycles. The minimum absolute atomic E-state index is 0.0917. The molecule has 0 saturated carbocycles. The van der Waals surface area contributed by atoms with Crippen LogP contribution in [0.5, 0.6) is 11.5 Å². The van der Waals surface area contributed by atoms with E-state index in [-0.39, 0.29) is 10.8 Å². The molecular weight excluding hydrogens is 356 g/mol. The lowest BCUT2D eigenvalue weighted by atomic mass is 10.2. The van der Waals surface area contributed by atoms with Crippen LogP contribution in [0.2, 0.25) is 0 Å². The number of hydrogen-bond donors (Lipinski definition) is 1. The number of carbonyl (C=O) groups is 1. The molecule has 0 aliphatic carbocycles. The molecule has 1 amide bonds. The number of sulfonamides is 1. The fourth-order valence-corrected chi connectivity index (χ4v) is 4.04. The van der Waals surface area contributed by atoms with Crippen LogP contribution >= 0.6 is 0 Å². The molecule has 1 N–H and O–H groups in total. The van der Waals surface area contributed by atoms with Gasteiger partial charge in [-0.15, -0.1) is 0 Å². The highest BCUT2D eigenvalue weighted by molar-refractivity contribution is 7.89. The van der Waals surface area contributed by atoms with E-state index in [9.17, 15) is 13.2 Å². The average Bonchev–Trinajstić information content (AvgIpc) is 3.01. The Bertz CT molecular complexity index is 879. The largest absolute Gasteiger partial charge is 0.497 e. The van der Waals surface area contributed by atoms with Crippen LogP contribution in [0, 0.1) is 0 Å². The number of nitrogens with zero attached hydrogens (tertiary/aromatic N) is 1. The van der Waals surface area contributed by atoms with Crippen molar-refractivity contribution in [2.24, 2.45) is 0 Å². The van der Waals surface area contributed by atoms with E-state index in [0.717, 1.165) is 0 Å². The lowest BCUT2D eigenvalue weighted by molar-refractivity contribution is -0.118. The lowest BCUT2D eigenvalue weighted by Crippen LogP contribution is -2.41. The maximum Gasteiger partial charge on any atom is 0.245 e. The van der Waals surface area contributed by atoms with Gasteiger partial charge in [0, 0.05) is 12.2 Å². The molecule has 2 aromatic rings. The third kappa shape index (κ3) is 3.66. The molecule has 138 valence electrons. The van der Waals surface area contributed by atoms with E-state index in [2.05, 4.69) is 4.72 Å². The summed E-state index contributed by atoms with van der Waals surface area (Å²) in [6, 6.07) is 12.3. The number of nitrogens with one attached hydrogen (secondary N) is 1. The maximum absolute atomic E-state index is 12.6. The molecule has 8 heteroatoms. The lowest BCUT2D eigenvalue weighted by Gasteiger charge is -2.17. The Balaban J connectivity index is 1.72. The van der Waals surface area contributed by atoms with Gasteiger partial charge in [0.2, 0.25) is 15.9 Å². The van der Waals surface area contributed by atoms with Gasteiger partial charge in [0.25, 0.3) is 0 Å². The first-order chi connectivity index (χ1) is 12.4. The summed E-state index contributed by atoms with van der Waals surface area (Å²) >= 11 is 0. The summed E-state index contributed by atoms with van der Waals surface area (Å²) < 4.78 is 37.7. The predicted molar refractivity (Wildman–Crippen MR) is 97.1 cm³/mol. The van der Waals surface area contributed by atoms with E-state index < -0.39 is 16.1 Å². The van der Waals surface area contributed by atoms with Crippen LogP contribution in [-0.4, -0.2) is 41.1 Å². The minimum atomic E-state index is -3.79. The first-order valence-electron chi connectivity index (χ1n) is 8.06. The number of benzene rings is 2. The van der Waals surface area contributed by atoms with E-state index in [1.54, 1.807) is 48.4 Å². The van der Waals surface area contributed by atoms with Crippen molar-refractivity contribution in [3.05, 3.63) is 48.5 Å². The summed E-state index contributed by atoms with van der Waals surface area (Å²) in [6.45, 7) is 0.445. The van der Waals surface area contributed by atoms with Crippen LogP contribution in [-0.2, 0) is 14.8 Å². The first-order valence-corrected chi connectivity index (χ1v) is 9.55. The van der Waals surface area contributed by atoms with Gasteiger partial charge in [-0.05, 0) is 55.0 Å². The third-order valence-corrected chi connectivity index (χ3v) is 5.74. The summed E-state index contributed by atoms with van der Waals surface area (Å²) in [5, 5.41) is 0. The van der Waals surface area contributed by atoms with Crippen molar-refractivity contribution in [2.45, 2.75) is 17.4 Å². The number of methoxy groups -OCH3 is 2. The van der Waals surface area contributed by atoms with Crippen LogP contribution in [0.3, 0.4) is 0 Å². The van der Waals surface area contributed by atoms with Gasteiger partial charge < -0.3 is 14.4 Å². The maximum atomic E-state index is 12.6. The highest BCUT2D eigenvalue weighted by Crippen LogP contribution is 2.25. The summed E-state index contributed by atoms with van der Waals surface area (Å²) in [6.07, 6.45) is 0.403. The van der Waals surface area contributed by atoms with Gasteiger partial charge in [-0.3, -0.25) is 4.79 Å². The summed E-state index contributed by atoms with van der Waals surface area (Å²) in [5.41, 5.74) is 0.710. The summed E-state index contributed by atoms with van der Waals surface area (Å²) in [4.78, 5) is 14.3. The fourth-order valence-electron chi connectivity index (χ4n) is 2.82. The first kappa shape index (κ1) is 18.2. The second-order valence-electron chi connectivity index (χ2n) is 5.83. The Morgan fingerprint density at radius 1 is 0.962 bits per heavy atom. The zero-order valence-corrected chi connectivity index (χ0v) is 15.3. The molecule has 0 aromatic heterocycles. The van der Waals surface area contributed by atoms with Crippen LogP contribution in [0.15, 0.2) is 53.4 Å². The molecule has 1 saturated heterocycles. The standard InChI is InChI=1S/C18H20N2O5S/c1-24-14-5-3-13(4-6-14)20-12-11-17(18(20)21)19-26(22,23)16-9-7-15(25-2)8-10-16/h3-10,17,19H,11-12H2,1-2H3/t17-/m0/s1. The smallest absolute Gasteiger partial charge is 0.245 e. The van der Waals surface area contributed by atoms with Crippen molar-refractivity contribution in [1.29, 1.82) is 0 Å². The van der Waals surface area contributed by atoms with E-state index in [1.165, 1.54) is 19.2 Å². The quantitative estimate of drug-likeness (QED) is 0.831. The molecule has 0 spiro atoms. The highest BCUT2D eigenvalue weighted by atomic mass is 32.2. The second-order valence-corrected chi connectivity index (χ2v) is 7.54. The van der Waals surface area contributed by atoms with Gasteiger partial charge in [0.1, 0.15) is 17.5 Å². The monoisotopic (exact) mass is 376 g/mol. The second kappa shape index (κ2) is 7.35. The van der Waals surface area contributed by atoms with Gasteiger partial charge in [-0.25, -0.2) is 8.42 Å². The Hall–Kier alpha value is -2.58. The molecule has 3 rings (SSSR count). The summed E-state index contributed by atoms with van der Waals surface area (Å²) in [5.74, 6) is 0.982. The van der Waals surface area contributed by atoms with Crippen molar-refractivity contribution in [3.8, 4) is 11.5 Å². The highest BCUT2D eigenvalue weighted by Gasteiger charge is 2.35. The van der Waals surface area contributed by atoms with Crippen molar-refractivity contribution in [1.82, 2.24) is 4.72 Å². The van der Waals surface area contributed by atoms with Crippen molar-refractivity contribution >= 4 is 21.6 Å². The van der Waals surface area contributed by atoms with Gasteiger partial charge >= 0.3 is 0 Å². The number of carbonyl (C=O) groups excluding carboxylic acids is 1. The zero-order chi connectivity index (χ0) is 18.7. The molecule has 0 bridgehead atoms. The molecule has 0 radical (unpaired) electrons. The molecule has 1 aliphatic heterocycles. The van der Waals surface area contributed by atoms with Gasteiger partial charge in [0.05, 0.1) is 19.1 Å². The van der Waals surface area contributed by atoms with Crippen LogP contribution in [0.25, 0.3) is 0 Å². The van der Waals surface area contributed by atoms with Gasteiger partial charge in [-0.1, -0.05) is 0 Å². The summed E-state index contributed by atoms with van der Waals surface area (Å²) in [7, 11) is -0.715. The molecule has 1 aliphatic rings. The third-order valence-electron chi connectivity index (χ3n) is 4.26. The molecule has 0 unspecified atom stereocenters. The van der Waals surface area contributed by atoms with Crippen LogP contribution in [0.1, 0.15) is 6.42 Å². The van der Waals surface area contributed by atoms with Crippen molar-refractivity contribution in [2.75, 3.05) is 25.7 Å². The zero-order valence-electron chi connectivity index (χ0n) is 14.5. The van der Waals surface area contributed by atoms with Gasteiger partial charge in [-0.2, -0.15) is 4.72 Å². The number of amides is 1. The number of hydrogen-bond acceptors (Lipinski definition) is 5. The Kier molecular flexibility index (Phi) is 5.15. The van der Waals surface area contributed by atoms with E-state index in [1.807, 2.05) is 0 Å². The Morgan fingerprint density at radius 2 is 1.50 bits per heavy atom. The molecule has 1 fully saturated rings. The SMILES string of the molecule is COc1ccc(N2CC[C@H](NS(=O)(=O)c3ccc(OC)cc3)C2=O)cc1. The molecule has 1 atom stereocenters. The molecule has 26 heavy (non-hydrogen) atoms.